The van der Waals surface area contributed by atoms with Crippen molar-refractivity contribution in [3.63, 3.8) is 0 Å². The Balaban J connectivity index is 0. The van der Waals surface area contributed by atoms with Gasteiger partial charge in [-0.2, -0.15) is 0 Å². The highest BCUT2D eigenvalue weighted by Gasteiger charge is 2.00. The average Bonchev–Trinajstić information content (AvgIpc) is 1.36. The van der Waals surface area contributed by atoms with Crippen LogP contribution in [0.25, 0.3) is 0 Å². The van der Waals surface area contributed by atoms with E-state index in [0.29, 0.717) is 6.04 Å². The van der Waals surface area contributed by atoms with Crippen LogP contribution in [0.2, 0.25) is 0 Å². The van der Waals surface area contributed by atoms with Gasteiger partial charge in [-0.1, -0.05) is 13.8 Å². The second-order valence-electron chi connectivity index (χ2n) is 2.22. The quantitative estimate of drug-likeness (QED) is 0.393. The summed E-state index contributed by atoms with van der Waals surface area (Å²) < 4.78 is 0. The van der Waals surface area contributed by atoms with Crippen molar-refractivity contribution in [2.24, 2.45) is 5.92 Å². The highest BCUT2D eigenvalue weighted by atomic mass is 35.5. The van der Waals surface area contributed by atoms with Crippen molar-refractivity contribution in [1.29, 1.82) is 0 Å². The summed E-state index contributed by atoms with van der Waals surface area (Å²) in [5, 5.41) is 0. The lowest BCUT2D eigenvalue weighted by atomic mass is 10.1. The molecule has 0 aromatic carbocycles. The maximum Gasteiger partial charge on any atom is 0.0838 e. The summed E-state index contributed by atoms with van der Waals surface area (Å²) in [7, 11) is 0. The molecule has 0 saturated heterocycles. The van der Waals surface area contributed by atoms with Crippen LogP contribution in [0.1, 0.15) is 20.8 Å². The van der Waals surface area contributed by atoms with Crippen molar-refractivity contribution in [3.05, 3.63) is 0 Å². The third kappa shape index (κ3) is 6.25. The number of rotatable bonds is 1. The normalized spacial score (nSPS) is 13.3. The Hall–Kier alpha value is 0.250. The lowest BCUT2D eigenvalue weighted by Crippen LogP contribution is -3.00. The Labute approximate surface area is 51.7 Å². The Kier molecular flexibility index (Phi) is 6.47. The lowest BCUT2D eigenvalue weighted by Gasteiger charge is -2.02. The summed E-state index contributed by atoms with van der Waals surface area (Å²) in [6.07, 6.45) is 0. The van der Waals surface area contributed by atoms with Crippen LogP contribution in [0, 0.1) is 5.92 Å². The van der Waals surface area contributed by atoms with Gasteiger partial charge in [-0.15, -0.1) is 0 Å². The summed E-state index contributed by atoms with van der Waals surface area (Å²) in [6, 6.07) is 0.602. The fourth-order valence-corrected chi connectivity index (χ4v) is 0. The lowest BCUT2D eigenvalue weighted by molar-refractivity contribution is -0.424. The molecule has 0 radical (unpaired) electrons. The molecule has 3 N–H and O–H groups in total. The van der Waals surface area contributed by atoms with Gasteiger partial charge in [0.15, 0.2) is 0 Å². The molecule has 0 unspecified atom stereocenters. The van der Waals surface area contributed by atoms with E-state index in [4.69, 9.17) is 0 Å². The minimum Gasteiger partial charge on any atom is -1.00 e. The van der Waals surface area contributed by atoms with E-state index in [1.165, 1.54) is 0 Å². The number of hydrogen-bond acceptors (Lipinski definition) is 0. The van der Waals surface area contributed by atoms with E-state index in [2.05, 4.69) is 26.5 Å². The topological polar surface area (TPSA) is 27.6 Å². The Morgan fingerprint density at radius 2 is 1.29 bits per heavy atom. The van der Waals surface area contributed by atoms with E-state index >= 15 is 0 Å². The van der Waals surface area contributed by atoms with Crippen LogP contribution in [0.3, 0.4) is 0 Å². The van der Waals surface area contributed by atoms with Crippen molar-refractivity contribution in [2.75, 3.05) is 0 Å². The van der Waals surface area contributed by atoms with Crippen LogP contribution in [0.4, 0.5) is 0 Å². The molecule has 0 aliphatic carbocycles. The molecular formula is C5H14ClN. The second-order valence-corrected chi connectivity index (χ2v) is 2.22. The third-order valence-corrected chi connectivity index (χ3v) is 1.14. The summed E-state index contributed by atoms with van der Waals surface area (Å²) in [5.74, 6) is 0.741. The van der Waals surface area contributed by atoms with Gasteiger partial charge in [0.05, 0.1) is 6.04 Å². The molecule has 0 aliphatic rings. The van der Waals surface area contributed by atoms with Crippen LogP contribution < -0.4 is 18.1 Å². The first kappa shape index (κ1) is 10.3. The number of quaternary nitrogens is 1. The maximum absolute atomic E-state index is 3.84. The van der Waals surface area contributed by atoms with Gasteiger partial charge in [-0.25, -0.2) is 0 Å². The molecule has 0 aromatic heterocycles. The van der Waals surface area contributed by atoms with Gasteiger partial charge >= 0.3 is 0 Å². The molecule has 7 heavy (non-hydrogen) atoms. The molecule has 2 heteroatoms. The Bertz CT molecular complexity index is 29.1. The molecular weight excluding hydrogens is 110 g/mol. The summed E-state index contributed by atoms with van der Waals surface area (Å²) in [4.78, 5) is 0. The Morgan fingerprint density at radius 3 is 1.29 bits per heavy atom. The average molecular weight is 124 g/mol. The standard InChI is InChI=1S/C5H13N.ClH/c1-4(2)5(3)6;/h4-5H,6H2,1-3H3;1H/t5-;/m0./s1. The molecule has 0 rings (SSSR count). The Morgan fingerprint density at radius 1 is 1.14 bits per heavy atom. The second kappa shape index (κ2) is 4.41. The fraction of sp³-hybridized carbons (Fsp3) is 1.00. The zero-order valence-corrected chi connectivity index (χ0v) is 6.00. The van der Waals surface area contributed by atoms with Crippen LogP contribution in [0.5, 0.6) is 0 Å². The van der Waals surface area contributed by atoms with Crippen LogP contribution in [0.15, 0.2) is 0 Å². The van der Waals surface area contributed by atoms with E-state index in [-0.39, 0.29) is 12.4 Å². The first-order valence-corrected chi connectivity index (χ1v) is 2.47. The summed E-state index contributed by atoms with van der Waals surface area (Å²) >= 11 is 0. The summed E-state index contributed by atoms with van der Waals surface area (Å²) in [6.45, 7) is 6.49. The third-order valence-electron chi connectivity index (χ3n) is 1.14. The van der Waals surface area contributed by atoms with E-state index in [0.717, 1.165) is 5.92 Å². The zero-order valence-electron chi connectivity index (χ0n) is 5.24. The van der Waals surface area contributed by atoms with Crippen LogP contribution in [-0.4, -0.2) is 6.04 Å². The van der Waals surface area contributed by atoms with Gasteiger partial charge in [0.25, 0.3) is 0 Å². The molecule has 0 fully saturated rings. The van der Waals surface area contributed by atoms with E-state index in [1.807, 2.05) is 0 Å². The van der Waals surface area contributed by atoms with Gasteiger partial charge in [-0.05, 0) is 6.92 Å². The molecule has 46 valence electrons. The van der Waals surface area contributed by atoms with Crippen molar-refractivity contribution in [1.82, 2.24) is 0 Å². The van der Waals surface area contributed by atoms with Gasteiger partial charge < -0.3 is 18.1 Å². The van der Waals surface area contributed by atoms with Gasteiger partial charge in [0.2, 0.25) is 0 Å². The molecule has 0 bridgehead atoms. The van der Waals surface area contributed by atoms with Crippen molar-refractivity contribution >= 4 is 0 Å². The highest BCUT2D eigenvalue weighted by molar-refractivity contribution is 4.46. The first-order valence-electron chi connectivity index (χ1n) is 2.47. The van der Waals surface area contributed by atoms with Crippen molar-refractivity contribution in [2.45, 2.75) is 26.8 Å². The predicted molar refractivity (Wildman–Crippen MR) is 27.2 cm³/mol. The minimum absolute atomic E-state index is 0. The monoisotopic (exact) mass is 123 g/mol. The van der Waals surface area contributed by atoms with Gasteiger partial charge in [-0.3, -0.25) is 0 Å². The van der Waals surface area contributed by atoms with Crippen LogP contribution in [-0.2, 0) is 0 Å². The number of hydrogen-bond donors (Lipinski definition) is 1. The smallest absolute Gasteiger partial charge is 0.0838 e. The predicted octanol–water partition coefficient (Wildman–Crippen LogP) is -2.72. The van der Waals surface area contributed by atoms with Crippen LogP contribution >= 0.6 is 0 Å². The SMILES string of the molecule is CC(C)[C@H](C)[NH3+].[Cl-]. The van der Waals surface area contributed by atoms with E-state index in [9.17, 15) is 0 Å². The largest absolute Gasteiger partial charge is 1.00 e. The van der Waals surface area contributed by atoms with Crippen molar-refractivity contribution < 1.29 is 18.1 Å². The first-order chi connectivity index (χ1) is 2.64. The molecule has 0 spiro atoms. The fourth-order valence-electron chi connectivity index (χ4n) is 0. The van der Waals surface area contributed by atoms with Gasteiger partial charge in [0.1, 0.15) is 0 Å². The summed E-state index contributed by atoms with van der Waals surface area (Å²) in [5.41, 5.74) is 3.84. The van der Waals surface area contributed by atoms with E-state index in [1.54, 1.807) is 0 Å². The molecule has 0 heterocycles. The molecule has 0 amide bonds. The molecule has 0 aliphatic heterocycles. The van der Waals surface area contributed by atoms with E-state index < -0.39 is 0 Å². The number of halogens is 1. The molecule has 1 atom stereocenters. The maximum atomic E-state index is 3.84. The van der Waals surface area contributed by atoms with Gasteiger partial charge in [0, 0.05) is 5.92 Å². The zero-order chi connectivity index (χ0) is 5.15. The molecule has 1 nitrogen and oxygen atoms in total. The van der Waals surface area contributed by atoms with Crippen molar-refractivity contribution in [3.8, 4) is 0 Å². The highest BCUT2D eigenvalue weighted by Crippen LogP contribution is 1.91. The molecule has 0 aromatic rings. The molecule has 0 saturated carbocycles. The minimum atomic E-state index is 0.